The van der Waals surface area contributed by atoms with Crippen LogP contribution in [0.4, 0.5) is 5.69 Å². The van der Waals surface area contributed by atoms with Crippen molar-refractivity contribution in [2.75, 3.05) is 11.9 Å². The molecule has 27 heavy (non-hydrogen) atoms. The number of esters is 1. The van der Waals surface area contributed by atoms with E-state index in [1.165, 1.54) is 0 Å². The second-order valence-corrected chi connectivity index (χ2v) is 6.05. The first-order valence-electron chi connectivity index (χ1n) is 8.90. The summed E-state index contributed by atoms with van der Waals surface area (Å²) in [6.07, 6.45) is 0.405. The maximum Gasteiger partial charge on any atom is 0.328 e. The van der Waals surface area contributed by atoms with Crippen LogP contribution in [0.1, 0.15) is 46.5 Å². The number of anilines is 1. The molecule has 0 fully saturated rings. The smallest absolute Gasteiger partial charge is 0.328 e. The summed E-state index contributed by atoms with van der Waals surface area (Å²) in [6, 6.07) is 13.1. The fourth-order valence-corrected chi connectivity index (χ4v) is 2.50. The Morgan fingerprint density at radius 2 is 1.63 bits per heavy atom. The average molecular weight is 368 g/mol. The van der Waals surface area contributed by atoms with Crippen molar-refractivity contribution >= 4 is 23.5 Å². The first-order valence-corrected chi connectivity index (χ1v) is 8.90. The van der Waals surface area contributed by atoms with Gasteiger partial charge < -0.3 is 15.4 Å². The Hall–Kier alpha value is -3.15. The molecule has 0 radical (unpaired) electrons. The Morgan fingerprint density at radius 1 is 0.963 bits per heavy atom. The van der Waals surface area contributed by atoms with Gasteiger partial charge >= 0.3 is 5.97 Å². The highest BCUT2D eigenvalue weighted by Crippen LogP contribution is 2.17. The van der Waals surface area contributed by atoms with Crippen LogP contribution in [0.3, 0.4) is 0 Å². The van der Waals surface area contributed by atoms with Gasteiger partial charge in [-0.25, -0.2) is 4.79 Å². The molecule has 6 nitrogen and oxygen atoms in total. The standard InChI is InChI=1S/C21H24N2O4/c1-4-17(21(26)27-5-2)22-20(25)16-8-6-7-9-18(16)23-19(24)15-12-10-14(3)11-13-15/h6-13,17H,4-5H2,1-3H3,(H,22,25)(H,23,24). The molecule has 0 heterocycles. The molecule has 142 valence electrons. The van der Waals surface area contributed by atoms with Gasteiger partial charge in [0.1, 0.15) is 6.04 Å². The van der Waals surface area contributed by atoms with E-state index < -0.39 is 17.9 Å². The topological polar surface area (TPSA) is 84.5 Å². The summed E-state index contributed by atoms with van der Waals surface area (Å²) in [5.74, 6) is -1.24. The van der Waals surface area contributed by atoms with Gasteiger partial charge in [-0.15, -0.1) is 0 Å². The van der Waals surface area contributed by atoms with Gasteiger partial charge in [-0.1, -0.05) is 36.8 Å². The largest absolute Gasteiger partial charge is 0.464 e. The molecular weight excluding hydrogens is 344 g/mol. The normalized spacial score (nSPS) is 11.4. The third-order valence-electron chi connectivity index (χ3n) is 4.02. The highest BCUT2D eigenvalue weighted by molar-refractivity contribution is 6.09. The number of aryl methyl sites for hydroxylation is 1. The molecule has 0 spiro atoms. The molecule has 2 N–H and O–H groups in total. The van der Waals surface area contributed by atoms with Crippen LogP contribution in [0.2, 0.25) is 0 Å². The molecule has 0 saturated carbocycles. The monoisotopic (exact) mass is 368 g/mol. The van der Waals surface area contributed by atoms with Gasteiger partial charge in [0.15, 0.2) is 0 Å². The molecule has 1 atom stereocenters. The van der Waals surface area contributed by atoms with E-state index in [1.807, 2.05) is 19.1 Å². The average Bonchev–Trinajstić information content (AvgIpc) is 2.67. The van der Waals surface area contributed by atoms with Crippen molar-refractivity contribution in [3.05, 3.63) is 65.2 Å². The molecule has 0 aliphatic heterocycles. The number of ether oxygens (including phenoxy) is 1. The van der Waals surface area contributed by atoms with Crippen molar-refractivity contribution in [3.8, 4) is 0 Å². The fourth-order valence-electron chi connectivity index (χ4n) is 2.50. The van der Waals surface area contributed by atoms with Crippen molar-refractivity contribution in [1.29, 1.82) is 0 Å². The number of rotatable bonds is 7. The second kappa shape index (κ2) is 9.52. The van der Waals surface area contributed by atoms with Gasteiger partial charge in [-0.3, -0.25) is 9.59 Å². The molecule has 2 aromatic rings. The molecular formula is C21H24N2O4. The lowest BCUT2D eigenvalue weighted by molar-refractivity contribution is -0.145. The number of hydrogen-bond donors (Lipinski definition) is 2. The predicted molar refractivity (Wildman–Crippen MR) is 104 cm³/mol. The SMILES string of the molecule is CCOC(=O)C(CC)NC(=O)c1ccccc1NC(=O)c1ccc(C)cc1. The van der Waals surface area contributed by atoms with E-state index in [-0.39, 0.29) is 18.1 Å². The number of amides is 2. The van der Waals surface area contributed by atoms with Crippen LogP contribution >= 0.6 is 0 Å². The third kappa shape index (κ3) is 5.41. The van der Waals surface area contributed by atoms with E-state index in [0.29, 0.717) is 17.7 Å². The molecule has 0 bridgehead atoms. The Bertz CT molecular complexity index is 815. The number of carbonyl (C=O) groups is 3. The van der Waals surface area contributed by atoms with Crippen LogP contribution in [0.25, 0.3) is 0 Å². The summed E-state index contributed by atoms with van der Waals surface area (Å²) >= 11 is 0. The van der Waals surface area contributed by atoms with E-state index in [4.69, 9.17) is 4.74 Å². The lowest BCUT2D eigenvalue weighted by Crippen LogP contribution is -2.41. The van der Waals surface area contributed by atoms with Crippen LogP contribution in [-0.4, -0.2) is 30.4 Å². The molecule has 0 aromatic heterocycles. The zero-order chi connectivity index (χ0) is 19.8. The van der Waals surface area contributed by atoms with Crippen molar-refractivity contribution in [1.82, 2.24) is 5.32 Å². The summed E-state index contributed by atoms with van der Waals surface area (Å²) in [6.45, 7) is 5.68. The number of nitrogens with one attached hydrogen (secondary N) is 2. The number of benzene rings is 2. The quantitative estimate of drug-likeness (QED) is 0.734. The van der Waals surface area contributed by atoms with Gasteiger partial charge in [0.2, 0.25) is 0 Å². The van der Waals surface area contributed by atoms with Gasteiger partial charge in [0.05, 0.1) is 17.9 Å². The summed E-state index contributed by atoms with van der Waals surface area (Å²) in [5, 5.41) is 5.42. The number of para-hydroxylation sites is 1. The van der Waals surface area contributed by atoms with Crippen molar-refractivity contribution < 1.29 is 19.1 Å². The molecule has 6 heteroatoms. The molecule has 2 amide bonds. The highest BCUT2D eigenvalue weighted by atomic mass is 16.5. The number of hydrogen-bond acceptors (Lipinski definition) is 4. The molecule has 0 saturated heterocycles. The third-order valence-corrected chi connectivity index (χ3v) is 4.02. The first kappa shape index (κ1) is 20.2. The number of carbonyl (C=O) groups excluding carboxylic acids is 3. The Balaban J connectivity index is 2.16. The first-order chi connectivity index (χ1) is 13.0. The van der Waals surface area contributed by atoms with Crippen LogP contribution in [-0.2, 0) is 9.53 Å². The molecule has 1 unspecified atom stereocenters. The summed E-state index contributed by atoms with van der Waals surface area (Å²) in [5.41, 5.74) is 2.20. The van der Waals surface area contributed by atoms with Crippen LogP contribution in [0.15, 0.2) is 48.5 Å². The van der Waals surface area contributed by atoms with Gasteiger partial charge in [0.25, 0.3) is 11.8 Å². The van der Waals surface area contributed by atoms with Crippen LogP contribution in [0.5, 0.6) is 0 Å². The minimum absolute atomic E-state index is 0.244. The van der Waals surface area contributed by atoms with E-state index in [2.05, 4.69) is 10.6 Å². The zero-order valence-electron chi connectivity index (χ0n) is 15.7. The van der Waals surface area contributed by atoms with Crippen LogP contribution < -0.4 is 10.6 Å². The fraction of sp³-hybridized carbons (Fsp3) is 0.286. The van der Waals surface area contributed by atoms with Gasteiger partial charge in [-0.05, 0) is 44.5 Å². The van der Waals surface area contributed by atoms with Crippen LogP contribution in [0, 0.1) is 6.92 Å². The zero-order valence-corrected chi connectivity index (χ0v) is 15.7. The van der Waals surface area contributed by atoms with Gasteiger partial charge in [-0.2, -0.15) is 0 Å². The minimum Gasteiger partial charge on any atom is -0.464 e. The summed E-state index contributed by atoms with van der Waals surface area (Å²) < 4.78 is 4.97. The lowest BCUT2D eigenvalue weighted by Gasteiger charge is -2.17. The minimum atomic E-state index is -0.738. The van der Waals surface area contributed by atoms with Crippen molar-refractivity contribution in [2.45, 2.75) is 33.2 Å². The molecule has 2 aromatic carbocycles. The van der Waals surface area contributed by atoms with Crippen molar-refractivity contribution in [2.24, 2.45) is 0 Å². The summed E-state index contributed by atoms with van der Waals surface area (Å²) in [4.78, 5) is 37.0. The Labute approximate surface area is 158 Å². The maximum absolute atomic E-state index is 12.6. The molecule has 2 rings (SSSR count). The lowest BCUT2D eigenvalue weighted by atomic mass is 10.1. The Kier molecular flexibility index (Phi) is 7.11. The van der Waals surface area contributed by atoms with E-state index in [9.17, 15) is 14.4 Å². The highest BCUT2D eigenvalue weighted by Gasteiger charge is 2.22. The molecule has 0 aliphatic carbocycles. The Morgan fingerprint density at radius 3 is 2.26 bits per heavy atom. The molecule has 0 aliphatic rings. The van der Waals surface area contributed by atoms with Gasteiger partial charge in [0, 0.05) is 5.56 Å². The summed E-state index contributed by atoms with van der Waals surface area (Å²) in [7, 11) is 0. The second-order valence-electron chi connectivity index (χ2n) is 6.05. The van der Waals surface area contributed by atoms with E-state index >= 15 is 0 Å². The maximum atomic E-state index is 12.6. The predicted octanol–water partition coefficient (Wildman–Crippen LogP) is 3.32. The van der Waals surface area contributed by atoms with E-state index in [0.717, 1.165) is 5.56 Å². The van der Waals surface area contributed by atoms with E-state index in [1.54, 1.807) is 50.2 Å². The van der Waals surface area contributed by atoms with Crippen molar-refractivity contribution in [3.63, 3.8) is 0 Å².